The van der Waals surface area contributed by atoms with Crippen LogP contribution in [0.15, 0.2) is 197 Å². The van der Waals surface area contributed by atoms with Crippen LogP contribution in [0.5, 0.6) is 0 Å². The average molecular weight is 670 g/mol. The highest BCUT2D eigenvalue weighted by Gasteiger charge is 2.26. The van der Waals surface area contributed by atoms with Crippen LogP contribution in [0.3, 0.4) is 0 Å². The smallest absolute Gasteiger partial charge is 0.227 e. The number of aromatic nitrogens is 1. The minimum absolute atomic E-state index is 0.561. The van der Waals surface area contributed by atoms with Gasteiger partial charge in [-0.1, -0.05) is 121 Å². The van der Waals surface area contributed by atoms with Crippen molar-refractivity contribution in [2.45, 2.75) is 0 Å². The van der Waals surface area contributed by atoms with E-state index in [1.807, 2.05) is 54.6 Å². The van der Waals surface area contributed by atoms with Crippen molar-refractivity contribution in [3.05, 3.63) is 188 Å². The van der Waals surface area contributed by atoms with E-state index in [1.165, 1.54) is 0 Å². The number of hydrogen-bond acceptors (Lipinski definition) is 5. The molecule has 0 spiro atoms. The molecule has 246 valence electrons. The summed E-state index contributed by atoms with van der Waals surface area (Å²) in [6.45, 7) is 0. The Labute approximate surface area is 300 Å². The van der Waals surface area contributed by atoms with Gasteiger partial charge in [0, 0.05) is 33.1 Å². The maximum atomic E-state index is 6.79. The first-order valence-electron chi connectivity index (χ1n) is 17.4. The fourth-order valence-corrected chi connectivity index (χ4v) is 7.30. The highest BCUT2D eigenvalue weighted by molar-refractivity contribution is 6.11. The second-order valence-corrected chi connectivity index (χ2v) is 12.8. The van der Waals surface area contributed by atoms with Crippen LogP contribution in [0.25, 0.3) is 55.3 Å². The molecule has 0 saturated heterocycles. The van der Waals surface area contributed by atoms with E-state index in [0.29, 0.717) is 11.5 Å². The van der Waals surface area contributed by atoms with Gasteiger partial charge in [-0.25, -0.2) is 4.98 Å². The molecule has 0 atom stereocenters. The molecule has 5 heteroatoms. The zero-order chi connectivity index (χ0) is 34.4. The van der Waals surface area contributed by atoms with Gasteiger partial charge >= 0.3 is 0 Å². The summed E-state index contributed by atoms with van der Waals surface area (Å²) in [6, 6.07) is 64.8. The SMILES string of the molecule is c1ccc(-c2nc3cc(N(c4ccccc4)c4cccc5c4oc4ccccc45)cc(N(c4ccccc4)c4cccc5ccccc45)c3o2)cc1. The monoisotopic (exact) mass is 669 g/mol. The molecule has 0 saturated carbocycles. The first-order chi connectivity index (χ1) is 25.8. The van der Waals surface area contributed by atoms with Crippen molar-refractivity contribution >= 4 is 77.9 Å². The third kappa shape index (κ3) is 4.98. The Morgan fingerprint density at radius 3 is 1.77 bits per heavy atom. The second-order valence-electron chi connectivity index (χ2n) is 12.8. The summed E-state index contributed by atoms with van der Waals surface area (Å²) in [6.07, 6.45) is 0. The molecule has 10 aromatic rings. The molecule has 0 fully saturated rings. The number of para-hydroxylation sites is 4. The molecule has 0 bridgehead atoms. The Hall–Kier alpha value is -7.11. The van der Waals surface area contributed by atoms with Gasteiger partial charge < -0.3 is 18.6 Å². The highest BCUT2D eigenvalue weighted by Crippen LogP contribution is 2.48. The number of benzene rings is 8. The van der Waals surface area contributed by atoms with E-state index < -0.39 is 0 Å². The first-order valence-corrected chi connectivity index (χ1v) is 17.4. The van der Waals surface area contributed by atoms with Crippen molar-refractivity contribution in [3.8, 4) is 11.5 Å². The highest BCUT2D eigenvalue weighted by atomic mass is 16.3. The Morgan fingerprint density at radius 2 is 0.981 bits per heavy atom. The van der Waals surface area contributed by atoms with Gasteiger partial charge in [-0.3, -0.25) is 0 Å². The van der Waals surface area contributed by atoms with Gasteiger partial charge in [0.15, 0.2) is 11.2 Å². The molecule has 0 unspecified atom stereocenters. The van der Waals surface area contributed by atoms with Gasteiger partial charge in [0.05, 0.1) is 22.7 Å². The molecule has 0 radical (unpaired) electrons. The first kappa shape index (κ1) is 29.8. The quantitative estimate of drug-likeness (QED) is 0.169. The van der Waals surface area contributed by atoms with Crippen LogP contribution < -0.4 is 9.80 Å². The largest absolute Gasteiger partial charge is 0.454 e. The van der Waals surface area contributed by atoms with Gasteiger partial charge in [-0.15, -0.1) is 0 Å². The topological polar surface area (TPSA) is 45.7 Å². The van der Waals surface area contributed by atoms with Gasteiger partial charge in [-0.2, -0.15) is 0 Å². The summed E-state index contributed by atoms with van der Waals surface area (Å²) in [4.78, 5) is 9.71. The zero-order valence-electron chi connectivity index (χ0n) is 28.1. The van der Waals surface area contributed by atoms with Crippen molar-refractivity contribution in [1.82, 2.24) is 4.98 Å². The number of anilines is 6. The van der Waals surface area contributed by atoms with E-state index >= 15 is 0 Å². The molecule has 0 N–H and O–H groups in total. The Morgan fingerprint density at radius 1 is 0.385 bits per heavy atom. The van der Waals surface area contributed by atoms with E-state index in [0.717, 1.165) is 77.9 Å². The lowest BCUT2D eigenvalue weighted by molar-refractivity contribution is 0.620. The van der Waals surface area contributed by atoms with Crippen LogP contribution in [0.4, 0.5) is 34.1 Å². The molecule has 0 aliphatic rings. The molecule has 0 aliphatic carbocycles. The van der Waals surface area contributed by atoms with Crippen molar-refractivity contribution in [2.75, 3.05) is 9.80 Å². The normalized spacial score (nSPS) is 11.5. The van der Waals surface area contributed by atoms with Crippen LogP contribution >= 0.6 is 0 Å². The van der Waals surface area contributed by atoms with Crippen LogP contribution in [0.2, 0.25) is 0 Å². The van der Waals surface area contributed by atoms with E-state index in [9.17, 15) is 0 Å². The predicted molar refractivity (Wildman–Crippen MR) is 214 cm³/mol. The molecule has 2 aromatic heterocycles. The fourth-order valence-electron chi connectivity index (χ4n) is 7.30. The van der Waals surface area contributed by atoms with Crippen molar-refractivity contribution < 1.29 is 8.83 Å². The van der Waals surface area contributed by atoms with Crippen LogP contribution in [-0.2, 0) is 0 Å². The molecular weight excluding hydrogens is 639 g/mol. The molecule has 52 heavy (non-hydrogen) atoms. The summed E-state index contributed by atoms with van der Waals surface area (Å²) in [7, 11) is 0. The van der Waals surface area contributed by atoms with Crippen LogP contribution in [0, 0.1) is 0 Å². The van der Waals surface area contributed by atoms with Crippen molar-refractivity contribution in [3.63, 3.8) is 0 Å². The maximum Gasteiger partial charge on any atom is 0.227 e. The zero-order valence-corrected chi connectivity index (χ0v) is 28.1. The van der Waals surface area contributed by atoms with Crippen molar-refractivity contribution in [1.29, 1.82) is 0 Å². The molecule has 8 aromatic carbocycles. The number of furan rings is 1. The molecule has 10 rings (SSSR count). The number of fused-ring (bicyclic) bond motifs is 5. The lowest BCUT2D eigenvalue weighted by Crippen LogP contribution is -2.14. The van der Waals surface area contributed by atoms with E-state index in [2.05, 4.69) is 143 Å². The van der Waals surface area contributed by atoms with E-state index in [4.69, 9.17) is 13.8 Å². The Balaban J connectivity index is 1.30. The summed E-state index contributed by atoms with van der Waals surface area (Å²) in [5, 5.41) is 4.42. The summed E-state index contributed by atoms with van der Waals surface area (Å²) in [5.41, 5.74) is 9.73. The fraction of sp³-hybridized carbons (Fsp3) is 0. The van der Waals surface area contributed by atoms with E-state index in [1.54, 1.807) is 0 Å². The summed E-state index contributed by atoms with van der Waals surface area (Å²) in [5.74, 6) is 0.561. The lowest BCUT2D eigenvalue weighted by atomic mass is 10.1. The van der Waals surface area contributed by atoms with Crippen LogP contribution in [0.1, 0.15) is 0 Å². The Kier molecular flexibility index (Phi) is 7.07. The second kappa shape index (κ2) is 12.3. The molecule has 5 nitrogen and oxygen atoms in total. The molecule has 0 aliphatic heterocycles. The van der Waals surface area contributed by atoms with Gasteiger partial charge in [0.1, 0.15) is 11.1 Å². The summed E-state index contributed by atoms with van der Waals surface area (Å²) >= 11 is 0. The molecule has 2 heterocycles. The molecular formula is C47H31N3O2. The number of rotatable bonds is 7. The number of nitrogens with zero attached hydrogens (tertiary/aromatic N) is 3. The van der Waals surface area contributed by atoms with E-state index in [-0.39, 0.29) is 0 Å². The third-order valence-corrected chi connectivity index (χ3v) is 9.64. The minimum atomic E-state index is 0.561. The Bertz CT molecular complexity index is 2860. The third-order valence-electron chi connectivity index (χ3n) is 9.64. The number of oxazole rings is 1. The number of hydrogen-bond donors (Lipinski definition) is 0. The van der Waals surface area contributed by atoms with Crippen LogP contribution in [-0.4, -0.2) is 4.98 Å². The van der Waals surface area contributed by atoms with Gasteiger partial charge in [0.25, 0.3) is 0 Å². The lowest BCUT2D eigenvalue weighted by Gasteiger charge is -2.30. The van der Waals surface area contributed by atoms with Gasteiger partial charge in [0.2, 0.25) is 5.89 Å². The maximum absolute atomic E-state index is 6.79. The average Bonchev–Trinajstić information content (AvgIpc) is 3.82. The summed E-state index contributed by atoms with van der Waals surface area (Å²) < 4.78 is 13.4. The standard InChI is InChI=1S/C47H31N3O2/c1-4-17-33(18-5-1)47-48-40-30-36(49(34-20-6-2-7-21-34)42-28-15-26-39-38-25-12-13-29-44(38)51-45(39)42)31-43(46(40)52-47)50(35-22-8-3-9-23-35)41-27-14-19-32-16-10-11-24-37(32)41/h1-31H. The van der Waals surface area contributed by atoms with Crippen molar-refractivity contribution in [2.24, 2.45) is 0 Å². The molecule has 0 amide bonds. The minimum Gasteiger partial charge on any atom is -0.454 e. The van der Waals surface area contributed by atoms with Gasteiger partial charge in [-0.05, 0) is 72.1 Å². The predicted octanol–water partition coefficient (Wildman–Crippen LogP) is 13.5.